The van der Waals surface area contributed by atoms with Gasteiger partial charge in [-0.25, -0.2) is 4.39 Å². The molecular weight excluding hydrogens is 232 g/mol. The Morgan fingerprint density at radius 3 is 2.33 bits per heavy atom. The molecule has 0 amide bonds. The van der Waals surface area contributed by atoms with Gasteiger partial charge in [-0.05, 0) is 12.5 Å². The molecule has 8 heteroatoms. The van der Waals surface area contributed by atoms with Crippen molar-refractivity contribution in [1.29, 1.82) is 0 Å². The van der Waals surface area contributed by atoms with Crippen molar-refractivity contribution >= 4 is 15.9 Å². The van der Waals surface area contributed by atoms with E-state index in [1.54, 1.807) is 0 Å². The molecule has 0 radical (unpaired) electrons. The van der Waals surface area contributed by atoms with Gasteiger partial charge in [0.05, 0.1) is 4.92 Å². The Morgan fingerprint density at radius 2 is 1.93 bits per heavy atom. The van der Waals surface area contributed by atoms with Crippen LogP contribution in [0, 0.1) is 22.9 Å². The van der Waals surface area contributed by atoms with E-state index >= 15 is 0 Å². The third-order valence-electron chi connectivity index (χ3n) is 1.70. The van der Waals surface area contributed by atoms with Gasteiger partial charge >= 0.3 is 10.2 Å². The number of halogens is 2. The topological polar surface area (TPSA) is 77.3 Å². The molecule has 0 unspecified atom stereocenters. The van der Waals surface area contributed by atoms with Crippen molar-refractivity contribution in [2.75, 3.05) is 0 Å². The van der Waals surface area contributed by atoms with Crippen LogP contribution in [0.4, 0.5) is 14.0 Å². The Balaban J connectivity index is 3.64. The van der Waals surface area contributed by atoms with Crippen LogP contribution in [0.3, 0.4) is 0 Å². The van der Waals surface area contributed by atoms with Gasteiger partial charge in [0.15, 0.2) is 4.90 Å². The first-order valence-electron chi connectivity index (χ1n) is 3.62. The van der Waals surface area contributed by atoms with Gasteiger partial charge in [0.25, 0.3) is 5.69 Å². The highest BCUT2D eigenvalue weighted by Gasteiger charge is 2.27. The van der Waals surface area contributed by atoms with Gasteiger partial charge < -0.3 is 0 Å². The zero-order chi connectivity index (χ0) is 11.8. The Morgan fingerprint density at radius 1 is 1.40 bits per heavy atom. The molecule has 0 aromatic heterocycles. The number of nitro groups is 1. The molecule has 0 bridgehead atoms. The SMILES string of the molecule is Cc1cc([N+](=O)[O-])c(S(=O)(=O)F)cc1F. The van der Waals surface area contributed by atoms with Gasteiger partial charge in [-0.15, -0.1) is 3.89 Å². The van der Waals surface area contributed by atoms with Crippen LogP contribution in [-0.2, 0) is 10.2 Å². The maximum atomic E-state index is 12.9. The van der Waals surface area contributed by atoms with Crippen LogP contribution >= 0.6 is 0 Å². The van der Waals surface area contributed by atoms with Crippen molar-refractivity contribution in [3.8, 4) is 0 Å². The summed E-state index contributed by atoms with van der Waals surface area (Å²) in [5, 5.41) is 10.4. The van der Waals surface area contributed by atoms with Crippen molar-refractivity contribution in [3.05, 3.63) is 33.6 Å². The van der Waals surface area contributed by atoms with E-state index in [4.69, 9.17) is 0 Å². The molecule has 0 aliphatic carbocycles. The summed E-state index contributed by atoms with van der Waals surface area (Å²) in [6.07, 6.45) is 0. The first kappa shape index (κ1) is 11.5. The van der Waals surface area contributed by atoms with Crippen molar-refractivity contribution in [2.45, 2.75) is 11.8 Å². The third kappa shape index (κ3) is 2.27. The molecule has 1 rings (SSSR count). The van der Waals surface area contributed by atoms with Gasteiger partial charge in [0.1, 0.15) is 5.82 Å². The summed E-state index contributed by atoms with van der Waals surface area (Å²) in [6.45, 7) is 1.21. The second-order valence-corrected chi connectivity index (χ2v) is 4.08. The summed E-state index contributed by atoms with van der Waals surface area (Å²) >= 11 is 0. The lowest BCUT2D eigenvalue weighted by atomic mass is 10.2. The smallest absolute Gasteiger partial charge is 0.258 e. The molecule has 0 aliphatic rings. The Bertz CT molecular complexity index is 526. The van der Waals surface area contributed by atoms with Crippen LogP contribution in [0.15, 0.2) is 17.0 Å². The van der Waals surface area contributed by atoms with Gasteiger partial charge in [-0.2, -0.15) is 8.42 Å². The number of nitrogens with zero attached hydrogens (tertiary/aromatic N) is 1. The van der Waals surface area contributed by atoms with E-state index in [0.29, 0.717) is 12.1 Å². The van der Waals surface area contributed by atoms with E-state index in [-0.39, 0.29) is 5.56 Å². The highest BCUT2D eigenvalue weighted by atomic mass is 32.3. The van der Waals surface area contributed by atoms with Crippen LogP contribution < -0.4 is 0 Å². The van der Waals surface area contributed by atoms with E-state index in [1.165, 1.54) is 6.92 Å². The summed E-state index contributed by atoms with van der Waals surface area (Å²) in [4.78, 5) is 8.03. The van der Waals surface area contributed by atoms with Gasteiger partial charge in [-0.1, -0.05) is 0 Å². The standard InChI is InChI=1S/C7H5F2NO4S/c1-4-2-6(10(11)12)7(3-5(4)8)15(9,13)14/h2-3H,1H3. The number of rotatable bonds is 2. The van der Waals surface area contributed by atoms with Gasteiger partial charge in [0.2, 0.25) is 0 Å². The van der Waals surface area contributed by atoms with Crippen LogP contribution in [0.2, 0.25) is 0 Å². The predicted octanol–water partition coefficient (Wildman–Crippen LogP) is 1.70. The van der Waals surface area contributed by atoms with Crippen LogP contribution in [0.25, 0.3) is 0 Å². The normalized spacial score (nSPS) is 11.4. The largest absolute Gasteiger partial charge is 0.339 e. The minimum absolute atomic E-state index is 0.130. The van der Waals surface area contributed by atoms with E-state index in [9.17, 15) is 26.8 Å². The van der Waals surface area contributed by atoms with Crippen LogP contribution in [-0.4, -0.2) is 13.3 Å². The van der Waals surface area contributed by atoms with Gasteiger partial charge in [-0.3, -0.25) is 10.1 Å². The molecular formula is C7H5F2NO4S. The zero-order valence-electron chi connectivity index (χ0n) is 7.40. The number of nitro benzene ring substituents is 1. The molecule has 0 spiro atoms. The number of hydrogen-bond donors (Lipinski definition) is 0. The summed E-state index contributed by atoms with van der Waals surface area (Å²) in [5.74, 6) is -1.02. The van der Waals surface area contributed by atoms with E-state index in [1.807, 2.05) is 0 Å². The Kier molecular flexibility index (Phi) is 2.71. The van der Waals surface area contributed by atoms with Crippen LogP contribution in [0.1, 0.15) is 5.56 Å². The van der Waals surface area contributed by atoms with Crippen molar-refractivity contribution in [1.82, 2.24) is 0 Å². The molecule has 0 saturated carbocycles. The average molecular weight is 237 g/mol. The molecule has 15 heavy (non-hydrogen) atoms. The lowest BCUT2D eigenvalue weighted by Crippen LogP contribution is -2.01. The highest BCUT2D eigenvalue weighted by molar-refractivity contribution is 7.86. The van der Waals surface area contributed by atoms with E-state index in [2.05, 4.69) is 0 Å². The molecule has 0 atom stereocenters. The molecule has 5 nitrogen and oxygen atoms in total. The molecule has 0 heterocycles. The van der Waals surface area contributed by atoms with Crippen LogP contribution in [0.5, 0.6) is 0 Å². The quantitative estimate of drug-likeness (QED) is 0.445. The number of benzene rings is 1. The molecule has 0 N–H and O–H groups in total. The molecule has 82 valence electrons. The fraction of sp³-hybridized carbons (Fsp3) is 0.143. The Hall–Kier alpha value is -1.57. The van der Waals surface area contributed by atoms with Crippen molar-refractivity contribution in [2.24, 2.45) is 0 Å². The summed E-state index contributed by atoms with van der Waals surface area (Å²) in [7, 11) is -5.30. The monoisotopic (exact) mass is 237 g/mol. The number of aryl methyl sites for hydroxylation is 1. The maximum Gasteiger partial charge on any atom is 0.339 e. The molecule has 1 aromatic carbocycles. The van der Waals surface area contributed by atoms with Gasteiger partial charge in [0, 0.05) is 12.1 Å². The molecule has 0 saturated heterocycles. The lowest BCUT2D eigenvalue weighted by Gasteiger charge is -2.00. The minimum Gasteiger partial charge on any atom is -0.258 e. The molecule has 1 aromatic rings. The predicted molar refractivity (Wildman–Crippen MR) is 46.1 cm³/mol. The highest BCUT2D eigenvalue weighted by Crippen LogP contribution is 2.27. The third-order valence-corrected chi connectivity index (χ3v) is 2.55. The number of hydrogen-bond acceptors (Lipinski definition) is 4. The second-order valence-electron chi connectivity index (χ2n) is 2.76. The second kappa shape index (κ2) is 3.54. The summed E-state index contributed by atoms with van der Waals surface area (Å²) < 4.78 is 46.4. The summed E-state index contributed by atoms with van der Waals surface area (Å²) in [5.41, 5.74) is -1.11. The van der Waals surface area contributed by atoms with Crippen molar-refractivity contribution in [3.63, 3.8) is 0 Å². The first-order chi connectivity index (χ1) is 6.73. The van der Waals surface area contributed by atoms with E-state index in [0.717, 1.165) is 0 Å². The molecule has 0 aliphatic heterocycles. The van der Waals surface area contributed by atoms with E-state index < -0.39 is 31.5 Å². The summed E-state index contributed by atoms with van der Waals surface area (Å²) in [6, 6.07) is 0.963. The Labute approximate surface area is 83.7 Å². The minimum atomic E-state index is -5.30. The fourth-order valence-electron chi connectivity index (χ4n) is 0.986. The fourth-order valence-corrected chi connectivity index (χ4v) is 1.61. The molecule has 0 fully saturated rings. The zero-order valence-corrected chi connectivity index (χ0v) is 8.22. The van der Waals surface area contributed by atoms with Crippen molar-refractivity contribution < 1.29 is 21.6 Å². The lowest BCUT2D eigenvalue weighted by molar-refractivity contribution is -0.388. The maximum absolute atomic E-state index is 12.9. The first-order valence-corrected chi connectivity index (χ1v) is 5.01. The average Bonchev–Trinajstić information content (AvgIpc) is 2.06.